The molecule has 0 bridgehead atoms. The first-order valence-corrected chi connectivity index (χ1v) is 5.28. The number of nitrogens with zero attached hydrogens (tertiary/aromatic N) is 1. The summed E-state index contributed by atoms with van der Waals surface area (Å²) in [5.74, 6) is 0.889. The molecule has 0 aliphatic carbocycles. The lowest BCUT2D eigenvalue weighted by molar-refractivity contribution is 0.475. The average molecular weight is 205 g/mol. The molecule has 0 unspecified atom stereocenters. The van der Waals surface area contributed by atoms with E-state index in [4.69, 9.17) is 4.74 Å². The van der Waals surface area contributed by atoms with Crippen molar-refractivity contribution < 1.29 is 4.74 Å². The van der Waals surface area contributed by atoms with E-state index < -0.39 is 0 Å². The van der Waals surface area contributed by atoms with E-state index in [1.807, 2.05) is 25.3 Å². The largest absolute Gasteiger partial charge is 0.431 e. The van der Waals surface area contributed by atoms with Crippen LogP contribution in [0.25, 0.3) is 0 Å². The molecule has 1 aromatic heterocycles. The van der Waals surface area contributed by atoms with Crippen LogP contribution < -0.4 is 4.74 Å². The van der Waals surface area contributed by atoms with E-state index in [1.54, 1.807) is 6.20 Å². The molecule has 1 heterocycles. The maximum absolute atomic E-state index is 5.64. The van der Waals surface area contributed by atoms with Crippen LogP contribution in [0.2, 0.25) is 0 Å². The van der Waals surface area contributed by atoms with E-state index in [0.29, 0.717) is 5.19 Å². The van der Waals surface area contributed by atoms with Crippen molar-refractivity contribution in [2.75, 3.05) is 0 Å². The summed E-state index contributed by atoms with van der Waals surface area (Å²) >= 11 is 1.50. The predicted molar refractivity (Wildman–Crippen MR) is 58.1 cm³/mol. The second-order valence-corrected chi connectivity index (χ2v) is 4.03. The maximum atomic E-state index is 5.64. The number of ether oxygens (including phenoxy) is 1. The molecule has 0 aliphatic heterocycles. The first-order chi connectivity index (χ1) is 6.75. The monoisotopic (exact) mass is 205 g/mol. The summed E-state index contributed by atoms with van der Waals surface area (Å²) in [5, 5.41) is 2.60. The van der Waals surface area contributed by atoms with E-state index in [0.717, 1.165) is 11.3 Å². The number of hydrogen-bond acceptors (Lipinski definition) is 3. The van der Waals surface area contributed by atoms with Crippen molar-refractivity contribution in [3.05, 3.63) is 40.9 Å². The molecule has 14 heavy (non-hydrogen) atoms. The zero-order chi connectivity index (χ0) is 9.97. The van der Waals surface area contributed by atoms with E-state index in [9.17, 15) is 0 Å². The summed E-state index contributed by atoms with van der Waals surface area (Å²) in [5.41, 5.74) is 2.33. The molecule has 2 rings (SSSR count). The number of rotatable bonds is 2. The second-order valence-electron chi connectivity index (χ2n) is 3.17. The van der Waals surface area contributed by atoms with Crippen LogP contribution in [0.4, 0.5) is 0 Å². The first kappa shape index (κ1) is 9.21. The van der Waals surface area contributed by atoms with Crippen molar-refractivity contribution >= 4 is 11.3 Å². The summed E-state index contributed by atoms with van der Waals surface area (Å²) in [7, 11) is 0. The standard InChI is InChI=1S/C11H11NOS/c1-8-3-4-9(2)10(7-8)13-11-12-5-6-14-11/h3-7H,1-2H3. The van der Waals surface area contributed by atoms with Gasteiger partial charge in [0.1, 0.15) is 5.75 Å². The Bertz CT molecular complexity index is 423. The zero-order valence-electron chi connectivity index (χ0n) is 8.15. The minimum absolute atomic E-state index is 0.693. The van der Waals surface area contributed by atoms with Crippen LogP contribution in [0.5, 0.6) is 10.9 Å². The van der Waals surface area contributed by atoms with Gasteiger partial charge >= 0.3 is 0 Å². The second kappa shape index (κ2) is 3.80. The molecule has 0 aliphatic rings. The van der Waals surface area contributed by atoms with Crippen LogP contribution in [-0.2, 0) is 0 Å². The van der Waals surface area contributed by atoms with Crippen LogP contribution in [0.15, 0.2) is 29.8 Å². The topological polar surface area (TPSA) is 22.1 Å². The van der Waals surface area contributed by atoms with Gasteiger partial charge in [-0.2, -0.15) is 0 Å². The van der Waals surface area contributed by atoms with Crippen LogP contribution in [0.3, 0.4) is 0 Å². The minimum atomic E-state index is 0.693. The summed E-state index contributed by atoms with van der Waals surface area (Å²) in [6, 6.07) is 6.15. The van der Waals surface area contributed by atoms with Crippen LogP contribution in [0, 0.1) is 13.8 Å². The predicted octanol–water partition coefficient (Wildman–Crippen LogP) is 3.55. The Labute approximate surface area is 87.2 Å². The van der Waals surface area contributed by atoms with Gasteiger partial charge in [-0.05, 0) is 31.0 Å². The molecule has 0 N–H and O–H groups in total. The highest BCUT2D eigenvalue weighted by atomic mass is 32.1. The highest BCUT2D eigenvalue weighted by Gasteiger charge is 2.02. The van der Waals surface area contributed by atoms with Crippen LogP contribution >= 0.6 is 11.3 Å². The van der Waals surface area contributed by atoms with Crippen molar-refractivity contribution in [1.29, 1.82) is 0 Å². The van der Waals surface area contributed by atoms with E-state index in [2.05, 4.69) is 17.1 Å². The van der Waals surface area contributed by atoms with Gasteiger partial charge in [-0.3, -0.25) is 0 Å². The number of aromatic nitrogens is 1. The molecule has 0 fully saturated rings. The number of hydrogen-bond donors (Lipinski definition) is 0. The lowest BCUT2D eigenvalue weighted by Crippen LogP contribution is -1.87. The summed E-state index contributed by atoms with van der Waals surface area (Å²) in [4.78, 5) is 4.08. The highest BCUT2D eigenvalue weighted by Crippen LogP contribution is 2.26. The van der Waals surface area contributed by atoms with Gasteiger partial charge in [-0.1, -0.05) is 23.5 Å². The van der Waals surface area contributed by atoms with Gasteiger partial charge < -0.3 is 4.74 Å². The molecule has 0 saturated heterocycles. The molecule has 3 heteroatoms. The molecule has 0 radical (unpaired) electrons. The van der Waals surface area contributed by atoms with Crippen LogP contribution in [-0.4, -0.2) is 4.98 Å². The third-order valence-corrected chi connectivity index (χ3v) is 2.60. The smallest absolute Gasteiger partial charge is 0.278 e. The molecule has 0 atom stereocenters. The molecular formula is C11H11NOS. The van der Waals surface area contributed by atoms with E-state index >= 15 is 0 Å². The Hall–Kier alpha value is -1.35. The Kier molecular flexibility index (Phi) is 2.50. The number of benzene rings is 1. The van der Waals surface area contributed by atoms with Gasteiger partial charge in [0.05, 0.1) is 0 Å². The molecule has 0 amide bonds. The minimum Gasteiger partial charge on any atom is -0.431 e. The van der Waals surface area contributed by atoms with Crippen molar-refractivity contribution in [3.8, 4) is 10.9 Å². The molecular weight excluding hydrogens is 194 g/mol. The molecule has 1 aromatic carbocycles. The molecule has 2 nitrogen and oxygen atoms in total. The van der Waals surface area contributed by atoms with Crippen LogP contribution in [0.1, 0.15) is 11.1 Å². The quantitative estimate of drug-likeness (QED) is 0.748. The first-order valence-electron chi connectivity index (χ1n) is 4.40. The molecule has 72 valence electrons. The normalized spacial score (nSPS) is 10.1. The lowest BCUT2D eigenvalue weighted by atomic mass is 10.1. The fourth-order valence-electron chi connectivity index (χ4n) is 1.17. The Morgan fingerprint density at radius 1 is 1.29 bits per heavy atom. The van der Waals surface area contributed by atoms with Crippen molar-refractivity contribution in [2.45, 2.75) is 13.8 Å². The Morgan fingerprint density at radius 3 is 2.86 bits per heavy atom. The molecule has 2 aromatic rings. The summed E-state index contributed by atoms with van der Waals surface area (Å²) in [6.45, 7) is 4.08. The van der Waals surface area contributed by atoms with Gasteiger partial charge in [0, 0.05) is 11.6 Å². The summed E-state index contributed by atoms with van der Waals surface area (Å²) < 4.78 is 5.64. The van der Waals surface area contributed by atoms with Crippen molar-refractivity contribution in [2.24, 2.45) is 0 Å². The Morgan fingerprint density at radius 2 is 2.14 bits per heavy atom. The van der Waals surface area contributed by atoms with Gasteiger partial charge in [0.15, 0.2) is 0 Å². The highest BCUT2D eigenvalue weighted by molar-refractivity contribution is 7.11. The Balaban J connectivity index is 2.28. The summed E-state index contributed by atoms with van der Waals surface area (Å²) in [6.07, 6.45) is 1.74. The number of thiazole rings is 1. The maximum Gasteiger partial charge on any atom is 0.278 e. The number of aryl methyl sites for hydroxylation is 2. The SMILES string of the molecule is Cc1ccc(C)c(Oc2nccs2)c1. The zero-order valence-corrected chi connectivity index (χ0v) is 8.97. The van der Waals surface area contributed by atoms with Crippen molar-refractivity contribution in [3.63, 3.8) is 0 Å². The molecule has 0 spiro atoms. The average Bonchev–Trinajstić information content (AvgIpc) is 2.64. The van der Waals surface area contributed by atoms with Crippen molar-refractivity contribution in [1.82, 2.24) is 4.98 Å². The third kappa shape index (κ3) is 1.93. The fourth-order valence-corrected chi connectivity index (χ4v) is 1.67. The fraction of sp³-hybridized carbons (Fsp3) is 0.182. The third-order valence-electron chi connectivity index (χ3n) is 1.95. The van der Waals surface area contributed by atoms with Gasteiger partial charge in [-0.15, -0.1) is 0 Å². The van der Waals surface area contributed by atoms with Gasteiger partial charge in [-0.25, -0.2) is 4.98 Å². The lowest BCUT2D eigenvalue weighted by Gasteiger charge is -2.05. The van der Waals surface area contributed by atoms with E-state index in [-0.39, 0.29) is 0 Å². The van der Waals surface area contributed by atoms with Gasteiger partial charge in [0.25, 0.3) is 5.19 Å². The van der Waals surface area contributed by atoms with E-state index in [1.165, 1.54) is 16.9 Å². The van der Waals surface area contributed by atoms with Gasteiger partial charge in [0.2, 0.25) is 0 Å². The molecule has 0 saturated carbocycles.